The number of nitrogens with zero attached hydrogens (tertiary/aromatic N) is 9. The fourth-order valence-corrected chi connectivity index (χ4v) is 11.6. The average molecular weight is 1170 g/mol. The Labute approximate surface area is 506 Å². The topological polar surface area (TPSA) is 183 Å². The largest absolute Gasteiger partial charge is 0.354 e. The molecule has 10 rings (SSSR count). The number of carbonyl (C=O) groups excluding carboxylic acids is 4. The highest BCUT2D eigenvalue weighted by Crippen LogP contribution is 2.26. The number of nitrogens with one attached hydrogen (secondary N) is 5. The summed E-state index contributed by atoms with van der Waals surface area (Å²) in [5.41, 5.74) is 7.82. The first-order chi connectivity index (χ1) is 41.5. The molecule has 448 valence electrons. The van der Waals surface area contributed by atoms with Gasteiger partial charge in [-0.25, -0.2) is 29.2 Å². The van der Waals surface area contributed by atoms with Crippen LogP contribution in [0.2, 0.25) is 0 Å². The Morgan fingerprint density at radius 2 is 1.06 bits per heavy atom. The van der Waals surface area contributed by atoms with Gasteiger partial charge >= 0.3 is 12.1 Å². The van der Waals surface area contributed by atoms with Crippen LogP contribution in [0.4, 0.5) is 21.0 Å². The van der Waals surface area contributed by atoms with Gasteiger partial charge in [0.15, 0.2) is 11.4 Å². The maximum Gasteiger partial charge on any atom is 0.318 e. The summed E-state index contributed by atoms with van der Waals surface area (Å²) in [6.07, 6.45) is 19.6. The first-order valence-electron chi connectivity index (χ1n) is 30.3. The molecule has 6 aromatic rings. The van der Waals surface area contributed by atoms with Crippen molar-refractivity contribution in [3.63, 3.8) is 0 Å². The third kappa shape index (κ3) is 19.0. The second-order valence-electron chi connectivity index (χ2n) is 22.5. The van der Waals surface area contributed by atoms with E-state index in [4.69, 9.17) is 24.7 Å². The van der Waals surface area contributed by atoms with Gasteiger partial charge in [0.05, 0.1) is 31.2 Å². The van der Waals surface area contributed by atoms with Crippen molar-refractivity contribution in [2.24, 2.45) is 0 Å². The number of hydrogen-bond donors (Lipinski definition) is 5. The maximum atomic E-state index is 13.7. The quantitative estimate of drug-likeness (QED) is 0.0442. The lowest BCUT2D eigenvalue weighted by Gasteiger charge is -2.43. The minimum atomic E-state index is -0.570. The van der Waals surface area contributed by atoms with Gasteiger partial charge < -0.3 is 45.5 Å². The summed E-state index contributed by atoms with van der Waals surface area (Å²) >= 11 is 5.80. The molecule has 2 saturated carbocycles. The predicted octanol–water partition coefficient (Wildman–Crippen LogP) is 10.4. The van der Waals surface area contributed by atoms with Crippen LogP contribution in [-0.4, -0.2) is 134 Å². The van der Waals surface area contributed by atoms with Crippen LogP contribution in [0.3, 0.4) is 0 Å². The van der Waals surface area contributed by atoms with Crippen molar-refractivity contribution >= 4 is 46.9 Å². The van der Waals surface area contributed by atoms with Gasteiger partial charge in [0.25, 0.3) is 0 Å². The number of aromatic nitrogens is 4. The van der Waals surface area contributed by atoms with Crippen molar-refractivity contribution < 1.29 is 19.2 Å². The first kappa shape index (κ1) is 63.0. The van der Waals surface area contributed by atoms with Crippen LogP contribution in [0.25, 0.3) is 9.69 Å². The van der Waals surface area contributed by atoms with Crippen LogP contribution in [0.1, 0.15) is 123 Å². The Balaban J connectivity index is 0.000000196. The van der Waals surface area contributed by atoms with E-state index in [0.717, 1.165) is 73.9 Å². The number of halogens is 1. The van der Waals surface area contributed by atoms with Crippen molar-refractivity contribution in [2.75, 3.05) is 52.4 Å². The second-order valence-corrected chi connectivity index (χ2v) is 23.1. The molecule has 5 N–H and O–H groups in total. The third-order valence-corrected chi connectivity index (χ3v) is 16.8. The van der Waals surface area contributed by atoms with E-state index in [-0.39, 0.29) is 47.4 Å². The lowest BCUT2D eigenvalue weighted by Crippen LogP contribution is -2.63. The van der Waals surface area contributed by atoms with Crippen LogP contribution in [0, 0.1) is 13.1 Å². The Kier molecular flexibility index (Phi) is 24.4. The molecule has 0 bridgehead atoms. The standard InChI is InChI=1S/C33H41N7O2.C25H33N7O2.C8H9Cl/c1-25(27-9-5-3-6-10-27)38-19-20-40(33(42)37-29-11-7-4-8-12-29)31(23-38)32(41)36-18-17-30-21-35-24-39(30)22-26-13-15-28(34-2)16-14-26;1-26-20-9-7-19(8-10-20)17-31-18-28-15-22(31)11-12-29-24(33)23-16-27-13-14-32(23)25(34)30-21-5-3-2-4-6-21;1-7(9)8-5-3-2-4-6-8/h3,5-6,9-10,13-16,21,24-25,29,31H,4,7-8,11-12,17-20,22-23H2,1H3,(H,36,41)(H,37,42);7-10,15,18,21,23,27H,2-6,11-14,16-17H2,(H,29,33)(H,30,34);2-7H,1H3/t25?,31-;23-;/m11./s1. The number of benzene rings is 4. The lowest BCUT2D eigenvalue weighted by molar-refractivity contribution is -0.128. The summed E-state index contributed by atoms with van der Waals surface area (Å²) < 4.78 is 4.11. The molecule has 2 aliphatic heterocycles. The molecule has 2 saturated heterocycles. The Morgan fingerprint density at radius 3 is 1.52 bits per heavy atom. The highest BCUT2D eigenvalue weighted by atomic mass is 35.5. The minimum absolute atomic E-state index is 0.125. The molecule has 2 aromatic heterocycles. The Morgan fingerprint density at radius 1 is 0.600 bits per heavy atom. The molecule has 2 aliphatic carbocycles. The number of rotatable bonds is 17. The summed E-state index contributed by atoms with van der Waals surface area (Å²) in [7, 11) is 0. The van der Waals surface area contributed by atoms with Gasteiger partial charge in [-0.1, -0.05) is 148 Å². The van der Waals surface area contributed by atoms with E-state index in [9.17, 15) is 19.2 Å². The lowest BCUT2D eigenvalue weighted by atomic mass is 9.95. The molecule has 19 heteroatoms. The van der Waals surface area contributed by atoms with Crippen molar-refractivity contribution in [3.05, 3.63) is 191 Å². The number of alkyl halides is 1. The van der Waals surface area contributed by atoms with Crippen molar-refractivity contribution in [3.8, 4) is 0 Å². The van der Waals surface area contributed by atoms with E-state index in [1.807, 2.05) is 121 Å². The average Bonchev–Trinajstić information content (AvgIpc) is 4.36. The molecule has 0 radical (unpaired) electrons. The number of urea groups is 2. The van der Waals surface area contributed by atoms with Gasteiger partial charge in [-0.2, -0.15) is 0 Å². The summed E-state index contributed by atoms with van der Waals surface area (Å²) in [5.74, 6) is -0.258. The van der Waals surface area contributed by atoms with Crippen molar-refractivity contribution in [1.29, 1.82) is 0 Å². The van der Waals surface area contributed by atoms with Crippen LogP contribution in [0.5, 0.6) is 0 Å². The van der Waals surface area contributed by atoms with Gasteiger partial charge in [0.1, 0.15) is 12.1 Å². The predicted molar refractivity (Wildman–Crippen MR) is 333 cm³/mol. The molecular weight excluding hydrogens is 1090 g/mol. The van der Waals surface area contributed by atoms with Gasteiger partial charge in [0, 0.05) is 120 Å². The molecular formula is C66H83ClN14O4. The monoisotopic (exact) mass is 1170 g/mol. The van der Waals surface area contributed by atoms with Crippen LogP contribution >= 0.6 is 11.6 Å². The highest BCUT2D eigenvalue weighted by Gasteiger charge is 2.38. The fourth-order valence-electron chi connectivity index (χ4n) is 11.5. The van der Waals surface area contributed by atoms with E-state index in [2.05, 4.69) is 74.8 Å². The second kappa shape index (κ2) is 32.9. The molecule has 4 aromatic carbocycles. The van der Waals surface area contributed by atoms with E-state index < -0.39 is 12.1 Å². The molecule has 18 nitrogen and oxygen atoms in total. The van der Waals surface area contributed by atoms with Gasteiger partial charge in [-0.3, -0.25) is 14.5 Å². The van der Waals surface area contributed by atoms with E-state index in [1.165, 1.54) is 24.0 Å². The van der Waals surface area contributed by atoms with Crippen LogP contribution in [-0.2, 0) is 35.5 Å². The van der Waals surface area contributed by atoms with Gasteiger partial charge in [-0.15, -0.1) is 11.6 Å². The van der Waals surface area contributed by atoms with Crippen molar-refractivity contribution in [2.45, 2.75) is 140 Å². The molecule has 0 spiro atoms. The number of amides is 6. The van der Waals surface area contributed by atoms with Gasteiger partial charge in [-0.05, 0) is 61.8 Å². The molecule has 4 aliphatic rings. The van der Waals surface area contributed by atoms with E-state index in [1.54, 1.807) is 22.5 Å². The van der Waals surface area contributed by atoms with E-state index >= 15 is 0 Å². The molecule has 4 heterocycles. The maximum absolute atomic E-state index is 13.7. The summed E-state index contributed by atoms with van der Waals surface area (Å²) in [4.78, 5) is 74.1. The number of hydrogen-bond acceptors (Lipinski definition) is 8. The van der Waals surface area contributed by atoms with Crippen molar-refractivity contribution in [1.82, 2.24) is 60.4 Å². The Hall–Kier alpha value is -8.03. The molecule has 6 amide bonds. The molecule has 85 heavy (non-hydrogen) atoms. The Bertz CT molecular complexity index is 3110. The SMILES string of the molecule is CC(Cl)c1ccccc1.[C-]#[N+]c1ccc(Cn2cncc2CCNC(=O)[C@H]2CN(C(C)c3ccccc3)CCN2C(=O)NC2CCCCC2)cc1.[C-]#[N+]c1ccc(Cn2cncc2CCNC(=O)[C@H]2CNCCN2C(=O)NC2CCCCC2)cc1. The zero-order chi connectivity index (χ0) is 59.8. The zero-order valence-electron chi connectivity index (χ0n) is 49.3. The molecule has 4 atom stereocenters. The number of piperazine rings is 2. The fraction of sp³-hybridized carbons (Fsp3) is 0.455. The molecule has 4 fully saturated rings. The summed E-state index contributed by atoms with van der Waals surface area (Å²) in [6.45, 7) is 23.9. The summed E-state index contributed by atoms with van der Waals surface area (Å²) in [5, 5.41) is 15.9. The summed E-state index contributed by atoms with van der Waals surface area (Å²) in [6, 6.07) is 34.6. The van der Waals surface area contributed by atoms with Crippen LogP contribution in [0.15, 0.2) is 134 Å². The highest BCUT2D eigenvalue weighted by molar-refractivity contribution is 6.20. The zero-order valence-corrected chi connectivity index (χ0v) is 50.0. The smallest absolute Gasteiger partial charge is 0.318 e. The van der Waals surface area contributed by atoms with Crippen LogP contribution < -0.4 is 26.6 Å². The first-order valence-corrected chi connectivity index (χ1v) is 30.7. The number of imidazole rings is 2. The van der Waals surface area contributed by atoms with E-state index in [0.29, 0.717) is 89.7 Å². The third-order valence-electron chi connectivity index (χ3n) is 16.5. The minimum Gasteiger partial charge on any atom is -0.354 e. The molecule has 2 unspecified atom stereocenters. The normalized spacial score (nSPS) is 18.1. The number of carbonyl (C=O) groups is 4. The van der Waals surface area contributed by atoms with Gasteiger partial charge in [0.2, 0.25) is 11.8 Å².